The molecule has 27 heavy (non-hydrogen) atoms. The number of aromatic amines is 1. The fourth-order valence-electron chi connectivity index (χ4n) is 3.19. The van der Waals surface area contributed by atoms with Crippen LogP contribution in [0.25, 0.3) is 11.0 Å². The molecule has 8 nitrogen and oxygen atoms in total. The van der Waals surface area contributed by atoms with Crippen LogP contribution in [-0.2, 0) is 17.8 Å². The summed E-state index contributed by atoms with van der Waals surface area (Å²) in [6.07, 6.45) is 1.01. The van der Waals surface area contributed by atoms with Gasteiger partial charge in [0.2, 0.25) is 5.91 Å². The summed E-state index contributed by atoms with van der Waals surface area (Å²) in [5.74, 6) is 0.944. The summed E-state index contributed by atoms with van der Waals surface area (Å²) in [4.78, 5) is 22.1. The Morgan fingerprint density at radius 2 is 1.93 bits per heavy atom. The zero-order chi connectivity index (χ0) is 18.6. The topological polar surface area (TPSA) is 97.1 Å². The molecule has 1 amide bonds. The van der Waals surface area contributed by atoms with E-state index < -0.39 is 0 Å². The smallest absolute Gasteiger partial charge is 0.223 e. The van der Waals surface area contributed by atoms with E-state index in [0.29, 0.717) is 19.4 Å². The van der Waals surface area contributed by atoms with E-state index in [-0.39, 0.29) is 12.1 Å². The standard InChI is InChI=1S/C19H23N7O/c1-26(12-13-5-4-6-14(11-13)19-22-24-25-23-19)18(27)10-9-17-20-15-7-2-3-8-16(15)21-17/h2-8,11,19,22-25H,9-10,12H2,1H3,(H,20,21). The van der Waals surface area contributed by atoms with E-state index >= 15 is 0 Å². The number of carbonyl (C=O) groups is 1. The van der Waals surface area contributed by atoms with Crippen LogP contribution >= 0.6 is 0 Å². The third-order valence-electron chi connectivity index (χ3n) is 4.64. The highest BCUT2D eigenvalue weighted by atomic mass is 16.2. The summed E-state index contributed by atoms with van der Waals surface area (Å²) in [6.45, 7) is 0.570. The zero-order valence-electron chi connectivity index (χ0n) is 15.1. The van der Waals surface area contributed by atoms with Gasteiger partial charge in [-0.15, -0.1) is 0 Å². The number of hydrogen-bond donors (Lipinski definition) is 5. The van der Waals surface area contributed by atoms with Crippen molar-refractivity contribution in [3.8, 4) is 0 Å². The molecule has 1 aromatic heterocycles. The highest BCUT2D eigenvalue weighted by Gasteiger charge is 2.16. The molecular weight excluding hydrogens is 342 g/mol. The van der Waals surface area contributed by atoms with Crippen molar-refractivity contribution in [1.82, 2.24) is 36.8 Å². The molecule has 4 rings (SSSR count). The molecule has 2 heterocycles. The third kappa shape index (κ3) is 4.15. The first-order valence-corrected chi connectivity index (χ1v) is 8.96. The van der Waals surface area contributed by atoms with Gasteiger partial charge < -0.3 is 9.88 Å². The van der Waals surface area contributed by atoms with E-state index in [0.717, 1.165) is 28.0 Å². The molecule has 1 saturated heterocycles. The lowest BCUT2D eigenvalue weighted by atomic mass is 10.1. The maximum absolute atomic E-state index is 12.5. The fourth-order valence-corrected chi connectivity index (χ4v) is 3.19. The van der Waals surface area contributed by atoms with Crippen LogP contribution in [-0.4, -0.2) is 27.8 Å². The lowest BCUT2D eigenvalue weighted by Crippen LogP contribution is -2.33. The minimum atomic E-state index is -0.0148. The molecule has 0 unspecified atom stereocenters. The number of nitrogens with zero attached hydrogens (tertiary/aromatic N) is 2. The number of aryl methyl sites for hydroxylation is 1. The van der Waals surface area contributed by atoms with Gasteiger partial charge in [0.25, 0.3) is 0 Å². The molecule has 140 valence electrons. The van der Waals surface area contributed by atoms with Crippen molar-refractivity contribution in [3.05, 3.63) is 65.5 Å². The van der Waals surface area contributed by atoms with Gasteiger partial charge in [-0.3, -0.25) is 4.79 Å². The zero-order valence-corrected chi connectivity index (χ0v) is 15.1. The second-order valence-electron chi connectivity index (χ2n) is 6.67. The number of nitrogens with one attached hydrogen (secondary N) is 5. The van der Waals surface area contributed by atoms with Crippen molar-refractivity contribution >= 4 is 16.9 Å². The van der Waals surface area contributed by atoms with Gasteiger partial charge in [0, 0.05) is 26.4 Å². The van der Waals surface area contributed by atoms with Crippen LogP contribution in [0.2, 0.25) is 0 Å². The van der Waals surface area contributed by atoms with Gasteiger partial charge in [-0.25, -0.2) is 15.8 Å². The van der Waals surface area contributed by atoms with Crippen LogP contribution < -0.4 is 21.9 Å². The van der Waals surface area contributed by atoms with Gasteiger partial charge in [-0.05, 0) is 23.3 Å². The average molecular weight is 365 g/mol. The third-order valence-corrected chi connectivity index (χ3v) is 4.64. The van der Waals surface area contributed by atoms with Crippen LogP contribution in [0, 0.1) is 0 Å². The molecule has 1 fully saturated rings. The van der Waals surface area contributed by atoms with Crippen molar-refractivity contribution in [3.63, 3.8) is 0 Å². The highest BCUT2D eigenvalue weighted by Crippen LogP contribution is 2.15. The van der Waals surface area contributed by atoms with Crippen molar-refractivity contribution < 1.29 is 4.79 Å². The van der Waals surface area contributed by atoms with Gasteiger partial charge in [0.05, 0.1) is 11.0 Å². The molecule has 0 aliphatic carbocycles. The number of para-hydroxylation sites is 2. The van der Waals surface area contributed by atoms with Crippen LogP contribution in [0.3, 0.4) is 0 Å². The Morgan fingerprint density at radius 1 is 1.11 bits per heavy atom. The number of fused-ring (bicyclic) bond motifs is 1. The Balaban J connectivity index is 1.34. The Hall–Kier alpha value is -2.78. The molecule has 3 aromatic rings. The molecule has 0 atom stereocenters. The monoisotopic (exact) mass is 365 g/mol. The van der Waals surface area contributed by atoms with Crippen LogP contribution in [0.1, 0.15) is 29.5 Å². The first kappa shape index (κ1) is 17.6. The molecule has 0 radical (unpaired) electrons. The summed E-state index contributed by atoms with van der Waals surface area (Å²) in [5, 5.41) is 0. The Kier molecular flexibility index (Phi) is 5.12. The number of H-pyrrole nitrogens is 1. The quantitative estimate of drug-likeness (QED) is 0.451. The molecule has 1 aliphatic heterocycles. The average Bonchev–Trinajstić information content (AvgIpc) is 3.35. The van der Waals surface area contributed by atoms with E-state index in [9.17, 15) is 4.79 Å². The number of carbonyl (C=O) groups excluding carboxylic acids is 1. The SMILES string of the molecule is CN(Cc1cccc(C2NNNN2)c1)C(=O)CCc1nc2ccccc2[nH]1. The minimum Gasteiger partial charge on any atom is -0.342 e. The van der Waals surface area contributed by atoms with E-state index in [1.165, 1.54) is 0 Å². The number of aromatic nitrogens is 2. The number of amides is 1. The van der Waals surface area contributed by atoms with Gasteiger partial charge in [0.15, 0.2) is 0 Å². The predicted octanol–water partition coefficient (Wildman–Crippen LogP) is 1.27. The summed E-state index contributed by atoms with van der Waals surface area (Å²) in [5.41, 5.74) is 15.9. The van der Waals surface area contributed by atoms with Crippen LogP contribution in [0.5, 0.6) is 0 Å². The predicted molar refractivity (Wildman–Crippen MR) is 103 cm³/mol. The van der Waals surface area contributed by atoms with Gasteiger partial charge >= 0.3 is 0 Å². The van der Waals surface area contributed by atoms with Crippen molar-refractivity contribution in [1.29, 1.82) is 0 Å². The lowest BCUT2D eigenvalue weighted by Gasteiger charge is -2.18. The first-order chi connectivity index (χ1) is 13.2. The largest absolute Gasteiger partial charge is 0.342 e. The summed E-state index contributed by atoms with van der Waals surface area (Å²) in [6, 6.07) is 16.0. The second kappa shape index (κ2) is 7.85. The molecule has 8 heteroatoms. The highest BCUT2D eigenvalue weighted by molar-refractivity contribution is 5.77. The Labute approximate surface area is 157 Å². The Bertz CT molecular complexity index is 899. The van der Waals surface area contributed by atoms with E-state index in [4.69, 9.17) is 0 Å². The van der Waals surface area contributed by atoms with Crippen molar-refractivity contribution in [2.24, 2.45) is 0 Å². The van der Waals surface area contributed by atoms with Crippen LogP contribution in [0.15, 0.2) is 48.5 Å². The van der Waals surface area contributed by atoms with Gasteiger partial charge in [-0.2, -0.15) is 11.1 Å². The molecule has 0 bridgehead atoms. The van der Waals surface area contributed by atoms with Crippen molar-refractivity contribution in [2.45, 2.75) is 25.6 Å². The number of rotatable bonds is 6. The van der Waals surface area contributed by atoms with Gasteiger partial charge in [0.1, 0.15) is 12.0 Å². The lowest BCUT2D eigenvalue weighted by molar-refractivity contribution is -0.130. The molecule has 0 saturated carbocycles. The van der Waals surface area contributed by atoms with E-state index in [1.807, 2.05) is 49.5 Å². The Morgan fingerprint density at radius 3 is 2.74 bits per heavy atom. The molecule has 5 N–H and O–H groups in total. The first-order valence-electron chi connectivity index (χ1n) is 8.96. The van der Waals surface area contributed by atoms with E-state index in [2.05, 4.69) is 38.0 Å². The maximum Gasteiger partial charge on any atom is 0.223 e. The van der Waals surface area contributed by atoms with Gasteiger partial charge in [-0.1, -0.05) is 36.4 Å². The molecule has 2 aromatic carbocycles. The molecular formula is C19H23N7O. The number of hydrogen-bond acceptors (Lipinski definition) is 6. The van der Waals surface area contributed by atoms with Crippen LogP contribution in [0.4, 0.5) is 0 Å². The number of benzene rings is 2. The summed E-state index contributed by atoms with van der Waals surface area (Å²) < 4.78 is 0. The second-order valence-corrected chi connectivity index (χ2v) is 6.67. The summed E-state index contributed by atoms with van der Waals surface area (Å²) in [7, 11) is 1.84. The normalized spacial score (nSPS) is 14.7. The van der Waals surface area contributed by atoms with Crippen molar-refractivity contribution in [2.75, 3.05) is 7.05 Å². The minimum absolute atomic E-state index is 0.0148. The molecule has 0 spiro atoms. The number of hydrazine groups is 3. The maximum atomic E-state index is 12.5. The molecule has 1 aliphatic rings. The number of imidazole rings is 1. The fraction of sp³-hybridized carbons (Fsp3) is 0.263. The summed E-state index contributed by atoms with van der Waals surface area (Å²) >= 11 is 0. The van der Waals surface area contributed by atoms with E-state index in [1.54, 1.807) is 4.90 Å².